The molecule has 0 aromatic heterocycles. The van der Waals surface area contributed by atoms with E-state index in [4.69, 9.17) is 0 Å². The van der Waals surface area contributed by atoms with Gasteiger partial charge in [-0.25, -0.2) is 0 Å². The fourth-order valence-electron chi connectivity index (χ4n) is 1.95. The average Bonchev–Trinajstić information content (AvgIpc) is 2.61. The number of imide groups is 1. The highest BCUT2D eigenvalue weighted by molar-refractivity contribution is 6.13. The second kappa shape index (κ2) is 5.68. The molecule has 3 heteroatoms. The van der Waals surface area contributed by atoms with Crippen molar-refractivity contribution in [2.75, 3.05) is 0 Å². The molecule has 0 aromatic carbocycles. The second-order valence-electron chi connectivity index (χ2n) is 5.78. The molecule has 0 radical (unpaired) electrons. The number of carbonyl (C=O) groups excluding carboxylic acids is 2. The fraction of sp³-hybridized carbons (Fsp3) is 0.733. The molecular weight excluding hydrogens is 226 g/mol. The summed E-state index contributed by atoms with van der Waals surface area (Å²) in [7, 11) is 0. The van der Waals surface area contributed by atoms with Gasteiger partial charge in [-0.1, -0.05) is 41.5 Å². The van der Waals surface area contributed by atoms with Gasteiger partial charge in [0.1, 0.15) is 0 Å². The lowest BCUT2D eigenvalue weighted by atomic mass is 9.66. The van der Waals surface area contributed by atoms with Crippen LogP contribution in [-0.4, -0.2) is 22.3 Å². The van der Waals surface area contributed by atoms with Crippen LogP contribution in [0.5, 0.6) is 0 Å². The number of rotatable bonds is 3. The minimum atomic E-state index is -0.487. The van der Waals surface area contributed by atoms with Gasteiger partial charge in [-0.15, -0.1) is 0 Å². The van der Waals surface area contributed by atoms with E-state index < -0.39 is 5.54 Å². The number of carbonyl (C=O) groups is 2. The maximum absolute atomic E-state index is 11.7. The van der Waals surface area contributed by atoms with Gasteiger partial charge >= 0.3 is 0 Å². The van der Waals surface area contributed by atoms with Crippen molar-refractivity contribution < 1.29 is 9.59 Å². The summed E-state index contributed by atoms with van der Waals surface area (Å²) in [6, 6.07) is 0. The first-order chi connectivity index (χ1) is 8.12. The summed E-state index contributed by atoms with van der Waals surface area (Å²) in [5.41, 5.74) is -0.622. The Balaban J connectivity index is 0.00000137. The van der Waals surface area contributed by atoms with Crippen LogP contribution in [0.25, 0.3) is 0 Å². The van der Waals surface area contributed by atoms with Crippen LogP contribution in [0.15, 0.2) is 12.2 Å². The van der Waals surface area contributed by atoms with E-state index in [1.165, 1.54) is 17.1 Å². The third-order valence-corrected chi connectivity index (χ3v) is 4.39. The van der Waals surface area contributed by atoms with Crippen molar-refractivity contribution in [3.05, 3.63) is 12.2 Å². The van der Waals surface area contributed by atoms with Crippen LogP contribution in [0.3, 0.4) is 0 Å². The predicted octanol–water partition coefficient (Wildman–Crippen LogP) is 3.40. The molecule has 3 nitrogen and oxygen atoms in total. The molecule has 0 N–H and O–H groups in total. The molecule has 1 heterocycles. The van der Waals surface area contributed by atoms with Crippen molar-refractivity contribution in [2.45, 2.75) is 60.9 Å². The zero-order valence-corrected chi connectivity index (χ0v) is 13.0. The van der Waals surface area contributed by atoms with Gasteiger partial charge in [-0.3, -0.25) is 14.5 Å². The lowest BCUT2D eigenvalue weighted by Gasteiger charge is -2.49. The third-order valence-electron chi connectivity index (χ3n) is 4.39. The first-order valence-electron chi connectivity index (χ1n) is 6.68. The maximum Gasteiger partial charge on any atom is 0.254 e. The molecule has 0 aromatic rings. The summed E-state index contributed by atoms with van der Waals surface area (Å²) in [6.07, 6.45) is 2.70. The van der Waals surface area contributed by atoms with Crippen molar-refractivity contribution in [2.24, 2.45) is 11.3 Å². The molecule has 0 fully saturated rings. The first kappa shape index (κ1) is 16.9. The first-order valence-corrected chi connectivity index (χ1v) is 6.68. The van der Waals surface area contributed by atoms with Crippen molar-refractivity contribution in [1.82, 2.24) is 4.90 Å². The van der Waals surface area contributed by atoms with E-state index in [1.807, 2.05) is 27.7 Å². The Morgan fingerprint density at radius 3 is 1.56 bits per heavy atom. The van der Waals surface area contributed by atoms with Gasteiger partial charge < -0.3 is 0 Å². The number of nitrogens with zero attached hydrogens (tertiary/aromatic N) is 1. The van der Waals surface area contributed by atoms with E-state index in [9.17, 15) is 9.59 Å². The SMILES string of the molecule is CC.CC(C)C(C)(C)C(C)(C)N1C(=O)C=CC1=O. The molecule has 0 spiro atoms. The van der Waals surface area contributed by atoms with E-state index in [1.54, 1.807) is 0 Å². The van der Waals surface area contributed by atoms with Gasteiger partial charge in [0.2, 0.25) is 0 Å². The molecular formula is C15H27NO2. The van der Waals surface area contributed by atoms with Crippen molar-refractivity contribution in [3.8, 4) is 0 Å². The minimum absolute atomic E-state index is 0.135. The van der Waals surface area contributed by atoms with Crippen molar-refractivity contribution in [1.29, 1.82) is 0 Å². The molecule has 0 atom stereocenters. The van der Waals surface area contributed by atoms with Gasteiger partial charge in [0, 0.05) is 12.2 Å². The Bertz CT molecular complexity index is 334. The quantitative estimate of drug-likeness (QED) is 0.723. The van der Waals surface area contributed by atoms with Gasteiger partial charge in [-0.05, 0) is 25.2 Å². The highest BCUT2D eigenvalue weighted by Gasteiger charge is 2.48. The average molecular weight is 253 g/mol. The maximum atomic E-state index is 11.7. The van der Waals surface area contributed by atoms with Crippen LogP contribution in [0.2, 0.25) is 0 Å². The lowest BCUT2D eigenvalue weighted by Crippen LogP contribution is -2.58. The molecule has 104 valence electrons. The van der Waals surface area contributed by atoms with Crippen LogP contribution in [0.1, 0.15) is 55.4 Å². The highest BCUT2D eigenvalue weighted by Crippen LogP contribution is 2.42. The third kappa shape index (κ3) is 2.65. The molecule has 1 aliphatic rings. The molecule has 1 rings (SSSR count). The van der Waals surface area contributed by atoms with E-state index in [0.29, 0.717) is 5.92 Å². The minimum Gasteiger partial charge on any atom is -0.269 e. The van der Waals surface area contributed by atoms with Crippen molar-refractivity contribution in [3.63, 3.8) is 0 Å². The number of hydrogen-bond donors (Lipinski definition) is 0. The lowest BCUT2D eigenvalue weighted by molar-refractivity contribution is -0.149. The zero-order chi connectivity index (χ0) is 14.7. The van der Waals surface area contributed by atoms with E-state index in [2.05, 4.69) is 27.7 Å². The van der Waals surface area contributed by atoms with Crippen LogP contribution in [0, 0.1) is 11.3 Å². The normalized spacial score (nSPS) is 16.2. The second-order valence-corrected chi connectivity index (χ2v) is 5.78. The molecule has 0 saturated carbocycles. The zero-order valence-electron chi connectivity index (χ0n) is 13.0. The molecule has 18 heavy (non-hydrogen) atoms. The van der Waals surface area contributed by atoms with Crippen LogP contribution in [-0.2, 0) is 9.59 Å². The summed E-state index contributed by atoms with van der Waals surface area (Å²) in [6.45, 7) is 16.3. The smallest absolute Gasteiger partial charge is 0.254 e. The Kier molecular flexibility index (Phi) is 5.33. The largest absolute Gasteiger partial charge is 0.269 e. The molecule has 0 bridgehead atoms. The Morgan fingerprint density at radius 2 is 1.28 bits per heavy atom. The molecule has 0 unspecified atom stereocenters. The molecule has 2 amide bonds. The highest BCUT2D eigenvalue weighted by atomic mass is 16.2. The summed E-state index contributed by atoms with van der Waals surface area (Å²) in [5, 5.41) is 0. The summed E-state index contributed by atoms with van der Waals surface area (Å²) < 4.78 is 0. The summed E-state index contributed by atoms with van der Waals surface area (Å²) in [5.74, 6) is -0.0313. The van der Waals surface area contributed by atoms with E-state index in [-0.39, 0.29) is 17.2 Å². The molecule has 0 saturated heterocycles. The molecule has 1 aliphatic heterocycles. The van der Waals surface area contributed by atoms with Gasteiger partial charge in [0.15, 0.2) is 0 Å². The molecule has 0 aliphatic carbocycles. The number of amides is 2. The van der Waals surface area contributed by atoms with E-state index >= 15 is 0 Å². The van der Waals surface area contributed by atoms with Gasteiger partial charge in [0.05, 0.1) is 5.54 Å². The fourth-order valence-corrected chi connectivity index (χ4v) is 1.95. The topological polar surface area (TPSA) is 37.4 Å². The van der Waals surface area contributed by atoms with Crippen LogP contribution >= 0.6 is 0 Å². The van der Waals surface area contributed by atoms with Crippen molar-refractivity contribution >= 4 is 11.8 Å². The number of hydrogen-bond acceptors (Lipinski definition) is 2. The summed E-state index contributed by atoms with van der Waals surface area (Å²) >= 11 is 0. The Hall–Kier alpha value is -1.12. The summed E-state index contributed by atoms with van der Waals surface area (Å²) in [4.78, 5) is 24.8. The standard InChI is InChI=1S/C13H21NO2.C2H6/c1-9(2)12(3,4)13(5,6)14-10(15)7-8-11(14)16;1-2/h7-9H,1-6H3;1-2H3. The monoisotopic (exact) mass is 253 g/mol. The predicted molar refractivity (Wildman–Crippen MR) is 75.0 cm³/mol. The van der Waals surface area contributed by atoms with E-state index in [0.717, 1.165) is 0 Å². The van der Waals surface area contributed by atoms with Crippen LogP contribution in [0.4, 0.5) is 0 Å². The Morgan fingerprint density at radius 1 is 0.944 bits per heavy atom. The van der Waals surface area contributed by atoms with Gasteiger partial charge in [-0.2, -0.15) is 0 Å². The Labute approximate surface area is 111 Å². The van der Waals surface area contributed by atoms with Crippen LogP contribution < -0.4 is 0 Å². The van der Waals surface area contributed by atoms with Gasteiger partial charge in [0.25, 0.3) is 11.8 Å².